The highest BCUT2D eigenvalue weighted by Gasteiger charge is 2.20. The topological polar surface area (TPSA) is 84.0 Å². The monoisotopic (exact) mass is 446 g/mol. The number of ether oxygens (including phenoxy) is 2. The maximum absolute atomic E-state index is 12.8. The molecule has 2 amide bonds. The minimum Gasteiger partial charge on any atom is -0.484 e. The van der Waals surface area contributed by atoms with Gasteiger partial charge >= 0.3 is 0 Å². The van der Waals surface area contributed by atoms with Crippen LogP contribution in [-0.4, -0.2) is 79.1 Å². The first-order chi connectivity index (χ1) is 15.0. The molecule has 1 aromatic heterocycles. The first-order valence-electron chi connectivity index (χ1n) is 10.5. The molecule has 2 heterocycles. The molecule has 0 spiro atoms. The summed E-state index contributed by atoms with van der Waals surface area (Å²) in [5.74, 6) is 0.156. The second kappa shape index (κ2) is 11.8. The Balaban J connectivity index is 1.55. The molecule has 1 saturated heterocycles. The fourth-order valence-corrected chi connectivity index (χ4v) is 4.04. The fourth-order valence-electron chi connectivity index (χ4n) is 3.21. The number of rotatable bonds is 10. The average Bonchev–Trinajstić information content (AvgIpc) is 3.09. The fraction of sp³-hybridized carbons (Fsp3) is 0.500. The lowest BCUT2D eigenvalue weighted by Gasteiger charge is -2.28. The van der Waals surface area contributed by atoms with Gasteiger partial charge in [0.1, 0.15) is 12.3 Å². The van der Waals surface area contributed by atoms with Crippen LogP contribution in [0.15, 0.2) is 30.3 Å². The SMILES string of the molecule is Cc1nc(NC(=O)CN(CCCN2CCOCC2)C(=O)COc2ccccc2)sc1C. The molecule has 8 nitrogen and oxygen atoms in total. The van der Waals surface area contributed by atoms with Gasteiger partial charge in [0.25, 0.3) is 5.91 Å². The molecular weight excluding hydrogens is 416 g/mol. The Kier molecular flexibility index (Phi) is 8.81. The van der Waals surface area contributed by atoms with Crippen LogP contribution in [0.3, 0.4) is 0 Å². The standard InChI is InChI=1S/C22H30N4O4S/c1-17-18(2)31-22(23-17)24-20(27)15-26(10-6-9-25-11-13-29-14-12-25)21(28)16-30-19-7-4-3-5-8-19/h3-5,7-8H,6,9-16H2,1-2H3,(H,23,24,27). The highest BCUT2D eigenvalue weighted by Crippen LogP contribution is 2.21. The Hall–Kier alpha value is -2.49. The van der Waals surface area contributed by atoms with Crippen LogP contribution < -0.4 is 10.1 Å². The van der Waals surface area contributed by atoms with E-state index in [0.29, 0.717) is 17.4 Å². The number of nitrogens with one attached hydrogen (secondary N) is 1. The Morgan fingerprint density at radius 3 is 2.65 bits per heavy atom. The minimum absolute atomic E-state index is 0.0300. The summed E-state index contributed by atoms with van der Waals surface area (Å²) in [6.07, 6.45) is 0.778. The molecule has 0 bridgehead atoms. The molecule has 0 unspecified atom stereocenters. The van der Waals surface area contributed by atoms with Crippen molar-refractivity contribution in [1.82, 2.24) is 14.8 Å². The smallest absolute Gasteiger partial charge is 0.260 e. The van der Waals surface area contributed by atoms with E-state index in [-0.39, 0.29) is 25.0 Å². The molecule has 168 valence electrons. The van der Waals surface area contributed by atoms with E-state index in [1.807, 2.05) is 32.0 Å². The van der Waals surface area contributed by atoms with E-state index in [2.05, 4.69) is 15.2 Å². The summed E-state index contributed by atoms with van der Waals surface area (Å²) < 4.78 is 11.0. The number of amides is 2. The van der Waals surface area contributed by atoms with Gasteiger partial charge in [0, 0.05) is 31.1 Å². The van der Waals surface area contributed by atoms with E-state index >= 15 is 0 Å². The van der Waals surface area contributed by atoms with Crippen molar-refractivity contribution in [3.05, 3.63) is 40.9 Å². The molecule has 0 aliphatic carbocycles. The van der Waals surface area contributed by atoms with Crippen molar-refractivity contribution in [2.24, 2.45) is 0 Å². The molecule has 9 heteroatoms. The zero-order valence-corrected chi connectivity index (χ0v) is 19.0. The van der Waals surface area contributed by atoms with Gasteiger partial charge in [-0.2, -0.15) is 0 Å². The number of para-hydroxylation sites is 1. The quantitative estimate of drug-likeness (QED) is 0.603. The number of hydrogen-bond donors (Lipinski definition) is 1. The van der Waals surface area contributed by atoms with Gasteiger partial charge in [-0.15, -0.1) is 11.3 Å². The predicted molar refractivity (Wildman–Crippen MR) is 121 cm³/mol. The third kappa shape index (κ3) is 7.61. The third-order valence-corrected chi connectivity index (χ3v) is 6.06. The highest BCUT2D eigenvalue weighted by molar-refractivity contribution is 7.15. The minimum atomic E-state index is -0.256. The lowest BCUT2D eigenvalue weighted by atomic mass is 10.3. The van der Waals surface area contributed by atoms with Crippen LogP contribution in [-0.2, 0) is 14.3 Å². The Labute approximate surface area is 187 Å². The Morgan fingerprint density at radius 2 is 1.97 bits per heavy atom. The van der Waals surface area contributed by atoms with Crippen LogP contribution in [0.2, 0.25) is 0 Å². The molecule has 3 rings (SSSR count). The van der Waals surface area contributed by atoms with Crippen molar-refractivity contribution in [3.8, 4) is 5.75 Å². The summed E-state index contributed by atoms with van der Waals surface area (Å²) >= 11 is 1.43. The number of aromatic nitrogens is 1. The average molecular weight is 447 g/mol. The number of carbonyl (C=O) groups is 2. The van der Waals surface area contributed by atoms with Crippen LogP contribution in [0.1, 0.15) is 17.0 Å². The van der Waals surface area contributed by atoms with E-state index in [0.717, 1.165) is 49.8 Å². The second-order valence-electron chi connectivity index (χ2n) is 7.43. The maximum atomic E-state index is 12.8. The number of hydrogen-bond acceptors (Lipinski definition) is 7. The summed E-state index contributed by atoms with van der Waals surface area (Å²) in [5, 5.41) is 3.37. The molecule has 1 aliphatic heterocycles. The van der Waals surface area contributed by atoms with E-state index < -0.39 is 0 Å². The molecule has 0 saturated carbocycles. The van der Waals surface area contributed by atoms with E-state index in [1.165, 1.54) is 11.3 Å². The van der Waals surface area contributed by atoms with Crippen LogP contribution in [0.25, 0.3) is 0 Å². The number of anilines is 1. The summed E-state index contributed by atoms with van der Waals surface area (Å²) in [4.78, 5) is 34.7. The van der Waals surface area contributed by atoms with Crippen molar-refractivity contribution in [2.45, 2.75) is 20.3 Å². The van der Waals surface area contributed by atoms with Gasteiger partial charge in [-0.1, -0.05) is 18.2 Å². The number of carbonyl (C=O) groups excluding carboxylic acids is 2. The molecule has 1 N–H and O–H groups in total. The van der Waals surface area contributed by atoms with E-state index in [4.69, 9.17) is 9.47 Å². The highest BCUT2D eigenvalue weighted by atomic mass is 32.1. The molecule has 31 heavy (non-hydrogen) atoms. The van der Waals surface area contributed by atoms with Crippen molar-refractivity contribution in [1.29, 1.82) is 0 Å². The number of aryl methyl sites for hydroxylation is 2. The maximum Gasteiger partial charge on any atom is 0.260 e. The van der Waals surface area contributed by atoms with Crippen LogP contribution >= 0.6 is 11.3 Å². The number of morpholine rings is 1. The van der Waals surface area contributed by atoms with E-state index in [1.54, 1.807) is 17.0 Å². The summed E-state index contributed by atoms with van der Waals surface area (Å²) in [5.41, 5.74) is 0.898. The van der Waals surface area contributed by atoms with Crippen LogP contribution in [0.5, 0.6) is 5.75 Å². The molecule has 1 fully saturated rings. The van der Waals surface area contributed by atoms with Gasteiger partial charge < -0.3 is 19.7 Å². The molecule has 0 atom stereocenters. The molecular formula is C22H30N4O4S. The summed E-state index contributed by atoms with van der Waals surface area (Å²) in [7, 11) is 0. The van der Waals surface area contributed by atoms with Crippen LogP contribution in [0, 0.1) is 13.8 Å². The number of benzene rings is 1. The largest absolute Gasteiger partial charge is 0.484 e. The van der Waals surface area contributed by atoms with Gasteiger partial charge in [0.15, 0.2) is 11.7 Å². The lowest BCUT2D eigenvalue weighted by Crippen LogP contribution is -2.43. The normalized spacial score (nSPS) is 14.3. The van der Waals surface area contributed by atoms with Gasteiger partial charge in [0.05, 0.1) is 18.9 Å². The van der Waals surface area contributed by atoms with Gasteiger partial charge in [-0.25, -0.2) is 4.98 Å². The van der Waals surface area contributed by atoms with Crippen molar-refractivity contribution in [3.63, 3.8) is 0 Å². The zero-order chi connectivity index (χ0) is 22.1. The Morgan fingerprint density at radius 1 is 1.23 bits per heavy atom. The molecule has 1 aliphatic rings. The zero-order valence-electron chi connectivity index (χ0n) is 18.1. The summed E-state index contributed by atoms with van der Waals surface area (Å²) in [6, 6.07) is 9.20. The number of nitrogens with zero attached hydrogens (tertiary/aromatic N) is 3. The predicted octanol–water partition coefficient (Wildman–Crippen LogP) is 2.33. The first kappa shape index (κ1) is 23.2. The van der Waals surface area contributed by atoms with Crippen molar-refractivity contribution >= 4 is 28.3 Å². The third-order valence-electron chi connectivity index (χ3n) is 5.07. The molecule has 1 aromatic carbocycles. The van der Waals surface area contributed by atoms with Gasteiger partial charge in [-0.3, -0.25) is 14.5 Å². The van der Waals surface area contributed by atoms with Gasteiger partial charge in [0.2, 0.25) is 5.91 Å². The van der Waals surface area contributed by atoms with Crippen LogP contribution in [0.4, 0.5) is 5.13 Å². The van der Waals surface area contributed by atoms with Gasteiger partial charge in [-0.05, 0) is 32.4 Å². The lowest BCUT2D eigenvalue weighted by molar-refractivity contribution is -0.136. The van der Waals surface area contributed by atoms with Crippen molar-refractivity contribution in [2.75, 3.05) is 57.9 Å². The van der Waals surface area contributed by atoms with E-state index in [9.17, 15) is 9.59 Å². The molecule has 2 aromatic rings. The van der Waals surface area contributed by atoms with Crippen molar-refractivity contribution < 1.29 is 19.1 Å². The second-order valence-corrected chi connectivity index (χ2v) is 8.64. The Bertz CT molecular complexity index is 833. The first-order valence-corrected chi connectivity index (χ1v) is 11.3. The molecule has 0 radical (unpaired) electrons. The summed E-state index contributed by atoms with van der Waals surface area (Å²) in [6.45, 7) is 8.35. The number of thiazole rings is 1.